The van der Waals surface area contributed by atoms with Gasteiger partial charge in [0.05, 0.1) is 21.1 Å². The second-order valence-corrected chi connectivity index (χ2v) is 16.4. The highest BCUT2D eigenvalue weighted by atomic mass is 32.2. The third-order valence-electron chi connectivity index (χ3n) is 9.87. The van der Waals surface area contributed by atoms with Gasteiger partial charge >= 0.3 is 5.97 Å². The Balaban J connectivity index is 1.82. The van der Waals surface area contributed by atoms with Crippen molar-refractivity contribution >= 4 is 38.0 Å². The van der Waals surface area contributed by atoms with Gasteiger partial charge in [-0.25, -0.2) is 21.4 Å². The molecule has 0 radical (unpaired) electrons. The predicted octanol–water partition coefficient (Wildman–Crippen LogP) is 4.64. The minimum Gasteiger partial charge on any atom is -0.748 e. The number of hydrogen-bond donors (Lipinski definition) is 1. The highest BCUT2D eigenvalue weighted by Gasteiger charge is 2.44. The van der Waals surface area contributed by atoms with E-state index in [0.717, 1.165) is 27.6 Å². The molecule has 0 fully saturated rings. The van der Waals surface area contributed by atoms with E-state index in [-0.39, 0.29) is 32.2 Å². The van der Waals surface area contributed by atoms with Gasteiger partial charge in [-0.05, 0) is 74.1 Å². The summed E-state index contributed by atoms with van der Waals surface area (Å²) in [5.41, 5.74) is 3.92. The monoisotopic (exact) mass is 781 g/mol. The lowest BCUT2D eigenvalue weighted by Gasteiger charge is -2.31. The number of anilines is 1. The number of fused-ring (bicyclic) bond motifs is 2. The fourth-order valence-electron chi connectivity index (χ4n) is 7.18. The Labute approximate surface area is 316 Å². The summed E-state index contributed by atoms with van der Waals surface area (Å²) in [7, 11) is -6.15. The summed E-state index contributed by atoms with van der Waals surface area (Å²) in [6.07, 6.45) is 2.02. The predicted molar refractivity (Wildman–Crippen MR) is 202 cm³/mol. The molecule has 1 unspecified atom stereocenters. The first-order chi connectivity index (χ1) is 25.6. The van der Waals surface area contributed by atoms with Crippen LogP contribution in [0, 0.1) is 6.92 Å². The van der Waals surface area contributed by atoms with E-state index in [4.69, 9.17) is 13.9 Å². The Kier molecular flexibility index (Phi) is 12.8. The minimum absolute atomic E-state index is 0.0502. The van der Waals surface area contributed by atoms with Crippen LogP contribution in [0.25, 0.3) is 28.5 Å². The first kappa shape index (κ1) is 40.8. The number of rotatable bonds is 17. The number of nitrogens with zero attached hydrogens (tertiary/aromatic N) is 2. The number of carboxylic acids is 1. The molecular weight excluding hydrogens is 737 g/mol. The lowest BCUT2D eigenvalue weighted by molar-refractivity contribution is -0.137. The number of carbonyl (C=O) groups is 1. The van der Waals surface area contributed by atoms with Crippen molar-refractivity contribution in [3.05, 3.63) is 94.7 Å². The molecule has 1 N–H and O–H groups in total. The van der Waals surface area contributed by atoms with Crippen molar-refractivity contribution in [1.29, 1.82) is 0 Å². The zero-order valence-electron chi connectivity index (χ0n) is 30.7. The van der Waals surface area contributed by atoms with E-state index in [1.807, 2.05) is 68.5 Å². The Hall–Kier alpha value is -4.38. The Bertz CT molecular complexity index is 2270. The topological polar surface area (TPSA) is 190 Å². The number of allylic oxidation sites excluding steroid dienone is 1. The third-order valence-corrected chi connectivity index (χ3v) is 11.5. The molecular formula is C39H45N2O11S2-. The molecule has 0 saturated heterocycles. The number of hydrogen-bond acceptors (Lipinski definition) is 11. The minimum atomic E-state index is -4.87. The Morgan fingerprint density at radius 2 is 1.65 bits per heavy atom. The van der Waals surface area contributed by atoms with E-state index in [1.54, 1.807) is 19.1 Å². The maximum atomic E-state index is 12.2. The summed E-state index contributed by atoms with van der Waals surface area (Å²) in [4.78, 5) is 13.0. The molecule has 54 heavy (non-hydrogen) atoms. The first-order valence-electron chi connectivity index (χ1n) is 17.5. The van der Waals surface area contributed by atoms with Crippen LogP contribution in [-0.4, -0.2) is 89.8 Å². The summed E-state index contributed by atoms with van der Waals surface area (Å²) in [5.74, 6) is -0.637. The van der Waals surface area contributed by atoms with Crippen LogP contribution in [0.2, 0.25) is 0 Å². The molecule has 2 heterocycles. The van der Waals surface area contributed by atoms with Crippen LogP contribution in [0.3, 0.4) is 0 Å². The van der Waals surface area contributed by atoms with Crippen LogP contribution in [0.1, 0.15) is 49.5 Å². The largest absolute Gasteiger partial charge is 0.748 e. The van der Waals surface area contributed by atoms with Gasteiger partial charge in [-0.1, -0.05) is 30.3 Å². The molecule has 1 aliphatic carbocycles. The molecule has 5 rings (SSSR count). The summed E-state index contributed by atoms with van der Waals surface area (Å²) in [6.45, 7) is 5.98. The highest BCUT2D eigenvalue weighted by Crippen LogP contribution is 2.52. The maximum Gasteiger partial charge on any atom is 0.303 e. The second kappa shape index (κ2) is 17.0. The van der Waals surface area contributed by atoms with Gasteiger partial charge in [-0.15, -0.1) is 0 Å². The summed E-state index contributed by atoms with van der Waals surface area (Å²) in [6, 6.07) is 19.8. The van der Waals surface area contributed by atoms with E-state index < -0.39 is 42.3 Å². The molecule has 2 aromatic rings. The molecule has 0 amide bonds. The summed E-state index contributed by atoms with van der Waals surface area (Å²) in [5, 5.41) is 10.4. The average Bonchev–Trinajstić information content (AvgIpc) is 3.33. The molecule has 0 spiro atoms. The smallest absolute Gasteiger partial charge is 0.303 e. The number of carboxylic acid groups (broad SMARTS) is 1. The van der Waals surface area contributed by atoms with E-state index >= 15 is 0 Å². The van der Waals surface area contributed by atoms with Gasteiger partial charge in [-0.3, -0.25) is 4.79 Å². The molecule has 1 atom stereocenters. The normalized spacial score (nSPS) is 16.6. The van der Waals surface area contributed by atoms with Crippen molar-refractivity contribution in [2.45, 2.75) is 49.8 Å². The maximum absolute atomic E-state index is 12.2. The van der Waals surface area contributed by atoms with Crippen molar-refractivity contribution in [1.82, 2.24) is 4.58 Å². The van der Waals surface area contributed by atoms with E-state index in [9.17, 15) is 35.8 Å². The molecule has 0 saturated carbocycles. The fraction of sp³-hybridized carbons (Fsp3) is 0.385. The lowest BCUT2D eigenvalue weighted by atomic mass is 9.77. The second-order valence-electron chi connectivity index (χ2n) is 13.5. The Morgan fingerprint density at radius 3 is 2.26 bits per heavy atom. The van der Waals surface area contributed by atoms with Crippen LogP contribution < -0.4 is 14.8 Å². The molecule has 3 aliphatic rings. The quantitative estimate of drug-likeness (QED) is 0.116. The van der Waals surface area contributed by atoms with Gasteiger partial charge in [0.15, 0.2) is 13.1 Å². The van der Waals surface area contributed by atoms with Crippen LogP contribution in [0.15, 0.2) is 81.7 Å². The highest BCUT2D eigenvalue weighted by molar-refractivity contribution is 7.86. The molecule has 0 aromatic heterocycles. The number of aliphatic carboxylic acids is 1. The lowest BCUT2D eigenvalue weighted by Crippen LogP contribution is -2.35. The number of methoxy groups -OCH3 is 2. The molecule has 2 aliphatic heterocycles. The van der Waals surface area contributed by atoms with Crippen LogP contribution in [-0.2, 0) is 39.9 Å². The third kappa shape index (κ3) is 9.28. The Morgan fingerprint density at radius 1 is 0.963 bits per heavy atom. The van der Waals surface area contributed by atoms with E-state index in [1.165, 1.54) is 18.2 Å². The van der Waals surface area contributed by atoms with Crippen LogP contribution in [0.5, 0.6) is 0 Å². The van der Waals surface area contributed by atoms with Crippen molar-refractivity contribution in [2.75, 3.05) is 57.7 Å². The average molecular weight is 782 g/mol. The summed E-state index contributed by atoms with van der Waals surface area (Å²) >= 11 is 0. The van der Waals surface area contributed by atoms with Crippen molar-refractivity contribution in [3.63, 3.8) is 0 Å². The molecule has 290 valence electrons. The van der Waals surface area contributed by atoms with Crippen molar-refractivity contribution in [3.8, 4) is 22.5 Å². The molecule has 2 aromatic carbocycles. The van der Waals surface area contributed by atoms with E-state index in [0.29, 0.717) is 54.8 Å². The van der Waals surface area contributed by atoms with Crippen LogP contribution in [0.4, 0.5) is 5.69 Å². The van der Waals surface area contributed by atoms with Gasteiger partial charge in [0.25, 0.3) is 0 Å². The molecule has 0 bridgehead atoms. The van der Waals surface area contributed by atoms with Crippen molar-refractivity contribution in [2.24, 2.45) is 0 Å². The first-order valence-corrected chi connectivity index (χ1v) is 20.5. The standard InChI is InChI=1S/C39H46N2O11S2/c1-27-34(52-35-24-29(40(19-21-50-3)20-22-51-4)13-15-31(35)38(27)28-10-6-5-7-11-28)26-36-39(2,17-8-12-37(42)43)32-25-30(54(47,48)49)14-16-33(32)41(36)18-9-23-53(44,45)46/h5-7,10-11,13-16,24-26H,8-9,12,17-23H2,1-4H3,(H2-,42,43,44,45,46,47,48,49)/p-1. The van der Waals surface area contributed by atoms with Gasteiger partial charge in [-0.2, -0.15) is 0 Å². The number of benzene rings is 3. The zero-order chi connectivity index (χ0) is 39.3. The molecule has 13 nitrogen and oxygen atoms in total. The van der Waals surface area contributed by atoms with Crippen LogP contribution >= 0.6 is 0 Å². The SMILES string of the molecule is COCC[N+](CCOC)=c1ccc2c(-c3ccccc3)c(C)c(C=C3N(CCCS(=O)(=O)[O-])c4ccc(S(=O)(=O)[O-])cc4C3(C)CCCC(=O)O)oc-2c1. The van der Waals surface area contributed by atoms with Gasteiger partial charge in [0, 0.05) is 73.0 Å². The zero-order valence-corrected chi connectivity index (χ0v) is 32.4. The van der Waals surface area contributed by atoms with E-state index in [2.05, 4.69) is 4.58 Å². The van der Waals surface area contributed by atoms with Gasteiger partial charge < -0.3 is 33.0 Å². The number of ether oxygens (including phenoxy) is 2. The fourth-order valence-corrected chi connectivity index (χ4v) is 8.16. The van der Waals surface area contributed by atoms with Gasteiger partial charge in [0.1, 0.15) is 34.9 Å². The van der Waals surface area contributed by atoms with Gasteiger partial charge in [0.2, 0.25) is 5.36 Å². The van der Waals surface area contributed by atoms with Crippen molar-refractivity contribution < 1.29 is 49.7 Å². The molecule has 15 heteroatoms. The summed E-state index contributed by atoms with van der Waals surface area (Å²) < 4.78 is 91.3.